The van der Waals surface area contributed by atoms with Crippen LogP contribution < -0.4 is 21.3 Å². The lowest BCUT2D eigenvalue weighted by atomic mass is 9.78. The normalized spacial score (nSPS) is 19.8. The molecule has 1 saturated heterocycles. The highest BCUT2D eigenvalue weighted by Crippen LogP contribution is 2.30. The molecular formula is C20H30N4O3. The molecule has 3 amide bonds. The first-order chi connectivity index (χ1) is 13.0. The summed E-state index contributed by atoms with van der Waals surface area (Å²) in [6, 6.07) is 7.63. The van der Waals surface area contributed by atoms with Gasteiger partial charge >= 0.3 is 6.03 Å². The van der Waals surface area contributed by atoms with E-state index in [0.717, 1.165) is 50.0 Å². The van der Waals surface area contributed by atoms with Crippen LogP contribution in [0.5, 0.6) is 0 Å². The van der Waals surface area contributed by atoms with E-state index in [1.807, 2.05) is 31.2 Å². The second kappa shape index (κ2) is 8.71. The minimum absolute atomic E-state index is 0.0457. The summed E-state index contributed by atoms with van der Waals surface area (Å²) in [5.74, 6) is 0.0457. The highest BCUT2D eigenvalue weighted by Gasteiger charge is 2.40. The molecule has 1 aromatic carbocycles. The molecule has 1 heterocycles. The summed E-state index contributed by atoms with van der Waals surface area (Å²) in [5, 5.41) is 12.2. The molecule has 1 aliphatic heterocycles. The van der Waals surface area contributed by atoms with Crippen molar-refractivity contribution in [3.05, 3.63) is 29.8 Å². The lowest BCUT2D eigenvalue weighted by Crippen LogP contribution is -2.50. The number of hydrogen-bond acceptors (Lipinski definition) is 4. The van der Waals surface area contributed by atoms with Crippen molar-refractivity contribution >= 4 is 17.6 Å². The Labute approximate surface area is 160 Å². The van der Waals surface area contributed by atoms with Crippen LogP contribution in [0.15, 0.2) is 24.3 Å². The van der Waals surface area contributed by atoms with Crippen LogP contribution in [0, 0.1) is 5.41 Å². The number of amides is 3. The standard InChI is InChI=1S/C20H30N4O3/c1-14(22-18(25)20(13-27-2)9-11-21-12-10-20)15-3-5-16(6-4-15)23-19(26)24-17-7-8-17/h3-6,14,17,21H,7-13H2,1-2H3,(H,22,25)(H2,23,24,26). The number of carbonyl (C=O) groups is 2. The van der Waals surface area contributed by atoms with E-state index in [9.17, 15) is 9.59 Å². The highest BCUT2D eigenvalue weighted by molar-refractivity contribution is 5.89. The fraction of sp³-hybridized carbons (Fsp3) is 0.600. The number of hydrogen-bond donors (Lipinski definition) is 4. The Morgan fingerprint density at radius 2 is 1.89 bits per heavy atom. The molecule has 4 N–H and O–H groups in total. The molecule has 0 radical (unpaired) electrons. The summed E-state index contributed by atoms with van der Waals surface area (Å²) in [6.45, 7) is 4.07. The summed E-state index contributed by atoms with van der Waals surface area (Å²) in [7, 11) is 1.64. The predicted octanol–water partition coefficient (Wildman–Crippen LogP) is 2.16. The van der Waals surface area contributed by atoms with Crippen molar-refractivity contribution in [2.75, 3.05) is 32.1 Å². The second-order valence-electron chi connectivity index (χ2n) is 7.65. The van der Waals surface area contributed by atoms with E-state index in [4.69, 9.17) is 4.74 Å². The maximum Gasteiger partial charge on any atom is 0.319 e. The molecule has 1 saturated carbocycles. The molecule has 2 fully saturated rings. The number of anilines is 1. The van der Waals surface area contributed by atoms with Gasteiger partial charge in [0.2, 0.25) is 5.91 Å². The molecule has 7 heteroatoms. The molecule has 7 nitrogen and oxygen atoms in total. The van der Waals surface area contributed by atoms with Crippen molar-refractivity contribution in [3.63, 3.8) is 0 Å². The number of methoxy groups -OCH3 is 1. The molecular weight excluding hydrogens is 344 g/mol. The average Bonchev–Trinajstić information content (AvgIpc) is 3.47. The van der Waals surface area contributed by atoms with E-state index in [2.05, 4.69) is 21.3 Å². The summed E-state index contributed by atoms with van der Waals surface area (Å²) >= 11 is 0. The maximum absolute atomic E-state index is 12.9. The lowest BCUT2D eigenvalue weighted by molar-refractivity contribution is -0.136. The van der Waals surface area contributed by atoms with E-state index >= 15 is 0 Å². The Balaban J connectivity index is 1.56. The zero-order valence-electron chi connectivity index (χ0n) is 16.1. The summed E-state index contributed by atoms with van der Waals surface area (Å²) in [5.41, 5.74) is 1.28. The fourth-order valence-electron chi connectivity index (χ4n) is 3.49. The first-order valence-electron chi connectivity index (χ1n) is 9.70. The van der Waals surface area contributed by atoms with E-state index < -0.39 is 5.41 Å². The Kier molecular flexibility index (Phi) is 6.34. The van der Waals surface area contributed by atoms with E-state index in [0.29, 0.717) is 12.6 Å². The first kappa shape index (κ1) is 19.6. The molecule has 27 heavy (non-hydrogen) atoms. The van der Waals surface area contributed by atoms with Crippen LogP contribution in [0.3, 0.4) is 0 Å². The van der Waals surface area contributed by atoms with Crippen LogP contribution in [-0.2, 0) is 9.53 Å². The average molecular weight is 374 g/mol. The van der Waals surface area contributed by atoms with Crippen molar-refractivity contribution < 1.29 is 14.3 Å². The van der Waals surface area contributed by atoms with Crippen LogP contribution in [0.4, 0.5) is 10.5 Å². The van der Waals surface area contributed by atoms with Gasteiger partial charge in [-0.15, -0.1) is 0 Å². The second-order valence-corrected chi connectivity index (χ2v) is 7.65. The molecule has 1 aliphatic carbocycles. The maximum atomic E-state index is 12.9. The summed E-state index contributed by atoms with van der Waals surface area (Å²) < 4.78 is 5.34. The Morgan fingerprint density at radius 3 is 2.48 bits per heavy atom. The molecule has 0 bridgehead atoms. The molecule has 1 atom stereocenters. The summed E-state index contributed by atoms with van der Waals surface area (Å²) in [6.07, 6.45) is 3.67. The van der Waals surface area contributed by atoms with Gasteiger partial charge in [0, 0.05) is 18.8 Å². The van der Waals surface area contributed by atoms with Crippen LogP contribution in [0.2, 0.25) is 0 Å². The zero-order chi connectivity index (χ0) is 19.3. The van der Waals surface area contributed by atoms with E-state index in [-0.39, 0.29) is 18.0 Å². The van der Waals surface area contributed by atoms with Crippen molar-refractivity contribution in [1.29, 1.82) is 0 Å². The van der Waals surface area contributed by atoms with Crippen LogP contribution >= 0.6 is 0 Å². The smallest absolute Gasteiger partial charge is 0.319 e. The molecule has 148 valence electrons. The SMILES string of the molecule is COCC1(C(=O)NC(C)c2ccc(NC(=O)NC3CC3)cc2)CCNCC1. The van der Waals surface area contributed by atoms with Crippen molar-refractivity contribution in [2.24, 2.45) is 5.41 Å². The first-order valence-corrected chi connectivity index (χ1v) is 9.70. The van der Waals surface area contributed by atoms with Crippen LogP contribution in [0.25, 0.3) is 0 Å². The van der Waals surface area contributed by atoms with Gasteiger partial charge in [-0.25, -0.2) is 4.79 Å². The van der Waals surface area contributed by atoms with E-state index in [1.54, 1.807) is 7.11 Å². The number of benzene rings is 1. The van der Waals surface area contributed by atoms with Crippen molar-refractivity contribution in [3.8, 4) is 0 Å². The molecule has 0 spiro atoms. The van der Waals surface area contributed by atoms with Gasteiger partial charge in [-0.3, -0.25) is 4.79 Å². The molecule has 1 unspecified atom stereocenters. The number of carbonyl (C=O) groups excluding carboxylic acids is 2. The minimum Gasteiger partial charge on any atom is -0.384 e. The van der Waals surface area contributed by atoms with Crippen LogP contribution in [0.1, 0.15) is 44.2 Å². The number of ether oxygens (including phenoxy) is 1. The molecule has 1 aromatic rings. The van der Waals surface area contributed by atoms with Crippen molar-refractivity contribution in [2.45, 2.75) is 44.7 Å². The van der Waals surface area contributed by atoms with Gasteiger partial charge in [-0.05, 0) is 63.4 Å². The highest BCUT2D eigenvalue weighted by atomic mass is 16.5. The summed E-state index contributed by atoms with van der Waals surface area (Å²) in [4.78, 5) is 24.7. The number of nitrogens with one attached hydrogen (secondary N) is 4. The third kappa shape index (κ3) is 5.20. The largest absolute Gasteiger partial charge is 0.384 e. The van der Waals surface area contributed by atoms with Crippen LogP contribution in [-0.4, -0.2) is 44.8 Å². The quantitative estimate of drug-likeness (QED) is 0.589. The van der Waals surface area contributed by atoms with Gasteiger partial charge in [0.1, 0.15) is 0 Å². The molecule has 2 aliphatic rings. The van der Waals surface area contributed by atoms with Gasteiger partial charge < -0.3 is 26.0 Å². The number of rotatable bonds is 7. The monoisotopic (exact) mass is 374 g/mol. The topological polar surface area (TPSA) is 91.5 Å². The van der Waals surface area contributed by atoms with Crippen molar-refractivity contribution in [1.82, 2.24) is 16.0 Å². The third-order valence-electron chi connectivity index (χ3n) is 5.39. The van der Waals surface area contributed by atoms with Gasteiger partial charge in [0.05, 0.1) is 18.1 Å². The lowest BCUT2D eigenvalue weighted by Gasteiger charge is -2.36. The van der Waals surface area contributed by atoms with Gasteiger partial charge in [0.15, 0.2) is 0 Å². The fourth-order valence-corrected chi connectivity index (χ4v) is 3.49. The third-order valence-corrected chi connectivity index (χ3v) is 5.39. The van der Waals surface area contributed by atoms with Gasteiger partial charge in [-0.2, -0.15) is 0 Å². The Hall–Kier alpha value is -2.12. The minimum atomic E-state index is -0.462. The number of piperidine rings is 1. The Bertz CT molecular complexity index is 646. The molecule has 0 aromatic heterocycles. The van der Waals surface area contributed by atoms with Gasteiger partial charge in [-0.1, -0.05) is 12.1 Å². The van der Waals surface area contributed by atoms with E-state index in [1.165, 1.54) is 0 Å². The predicted molar refractivity (Wildman–Crippen MR) is 105 cm³/mol. The van der Waals surface area contributed by atoms with Gasteiger partial charge in [0.25, 0.3) is 0 Å². The number of urea groups is 1. The molecule has 3 rings (SSSR count). The zero-order valence-corrected chi connectivity index (χ0v) is 16.1. The Morgan fingerprint density at radius 1 is 1.22 bits per heavy atom.